The number of ether oxygens (including phenoxy) is 1. The van der Waals surface area contributed by atoms with Crippen molar-refractivity contribution >= 4 is 16.7 Å². The number of aromatic nitrogens is 1. The van der Waals surface area contributed by atoms with Gasteiger partial charge in [0.05, 0.1) is 0 Å². The monoisotopic (exact) mass is 278 g/mol. The Labute approximate surface area is 121 Å². The minimum Gasteiger partial charge on any atom is -0.508 e. The zero-order chi connectivity index (χ0) is 14.8. The molecule has 2 aromatic carbocycles. The largest absolute Gasteiger partial charge is 0.508 e. The molecule has 0 aliphatic heterocycles. The van der Waals surface area contributed by atoms with Crippen molar-refractivity contribution in [1.29, 1.82) is 0 Å². The van der Waals surface area contributed by atoms with Gasteiger partial charge in [0.25, 0.3) is 0 Å². The van der Waals surface area contributed by atoms with Crippen molar-refractivity contribution in [2.75, 3.05) is 0 Å². The van der Waals surface area contributed by atoms with E-state index in [1.165, 1.54) is 6.20 Å². The molecule has 0 atom stereocenters. The molecule has 1 radical (unpaired) electrons. The van der Waals surface area contributed by atoms with Crippen molar-refractivity contribution < 1.29 is 14.6 Å². The molecule has 0 fully saturated rings. The standard InChI is InChI=1S/C17H12NO3/c1-11-3-2-8-18-16(11)17(20)21-15-7-5-12-9-14(19)6-4-13(12)10-15/h2-10,19H,1H2. The summed E-state index contributed by atoms with van der Waals surface area (Å²) in [6, 6.07) is 13.6. The van der Waals surface area contributed by atoms with Gasteiger partial charge < -0.3 is 9.84 Å². The number of phenols is 1. The van der Waals surface area contributed by atoms with Crippen LogP contribution in [-0.4, -0.2) is 16.1 Å². The topological polar surface area (TPSA) is 59.4 Å². The molecule has 0 saturated heterocycles. The third-order valence-electron chi connectivity index (χ3n) is 3.09. The number of hydrogen-bond acceptors (Lipinski definition) is 4. The molecule has 4 heteroatoms. The average molecular weight is 278 g/mol. The molecule has 0 unspecified atom stereocenters. The summed E-state index contributed by atoms with van der Waals surface area (Å²) < 4.78 is 5.32. The first kappa shape index (κ1) is 13.1. The van der Waals surface area contributed by atoms with Crippen LogP contribution in [0.5, 0.6) is 11.5 Å². The fourth-order valence-corrected chi connectivity index (χ4v) is 2.05. The number of fused-ring (bicyclic) bond motifs is 1. The first-order valence-corrected chi connectivity index (χ1v) is 6.35. The summed E-state index contributed by atoms with van der Waals surface area (Å²) in [5.74, 6) is 0.0735. The molecular weight excluding hydrogens is 266 g/mol. The van der Waals surface area contributed by atoms with Crippen molar-refractivity contribution in [1.82, 2.24) is 4.98 Å². The summed E-state index contributed by atoms with van der Waals surface area (Å²) >= 11 is 0. The second kappa shape index (κ2) is 5.25. The third kappa shape index (κ3) is 2.69. The number of phenolic OH excluding ortho intramolecular Hbond substituents is 1. The van der Waals surface area contributed by atoms with E-state index in [9.17, 15) is 9.90 Å². The van der Waals surface area contributed by atoms with Crippen LogP contribution in [-0.2, 0) is 0 Å². The average Bonchev–Trinajstić information content (AvgIpc) is 2.48. The molecule has 21 heavy (non-hydrogen) atoms. The number of aromatic hydroxyl groups is 1. The Morgan fingerprint density at radius 1 is 1.10 bits per heavy atom. The van der Waals surface area contributed by atoms with Crippen molar-refractivity contribution in [2.24, 2.45) is 0 Å². The van der Waals surface area contributed by atoms with Gasteiger partial charge in [0.1, 0.15) is 11.5 Å². The number of benzene rings is 2. The second-order valence-electron chi connectivity index (χ2n) is 4.59. The molecule has 1 heterocycles. The highest BCUT2D eigenvalue weighted by atomic mass is 16.5. The number of rotatable bonds is 2. The number of carbonyl (C=O) groups excluding carboxylic acids is 1. The molecule has 0 spiro atoms. The van der Waals surface area contributed by atoms with E-state index in [0.29, 0.717) is 11.3 Å². The number of hydrogen-bond donors (Lipinski definition) is 1. The normalized spacial score (nSPS) is 10.5. The Balaban J connectivity index is 1.90. The van der Waals surface area contributed by atoms with Crippen molar-refractivity contribution in [3.05, 3.63) is 72.9 Å². The fourth-order valence-electron chi connectivity index (χ4n) is 2.05. The zero-order valence-electron chi connectivity index (χ0n) is 11.1. The number of nitrogens with zero attached hydrogens (tertiary/aromatic N) is 1. The summed E-state index contributed by atoms with van der Waals surface area (Å²) in [6.45, 7) is 3.75. The molecular formula is C17H12NO3. The predicted octanol–water partition coefficient (Wildman–Crippen LogP) is 3.34. The van der Waals surface area contributed by atoms with Crippen LogP contribution >= 0.6 is 0 Å². The van der Waals surface area contributed by atoms with Gasteiger partial charge in [0.15, 0.2) is 5.69 Å². The summed E-state index contributed by atoms with van der Waals surface area (Å²) in [4.78, 5) is 16.0. The molecule has 0 amide bonds. The quantitative estimate of drug-likeness (QED) is 0.577. The van der Waals surface area contributed by atoms with E-state index >= 15 is 0 Å². The van der Waals surface area contributed by atoms with Gasteiger partial charge in [-0.1, -0.05) is 18.2 Å². The van der Waals surface area contributed by atoms with Crippen LogP contribution in [0, 0.1) is 6.92 Å². The summed E-state index contributed by atoms with van der Waals surface area (Å²) in [5.41, 5.74) is 0.719. The predicted molar refractivity (Wildman–Crippen MR) is 79.3 cm³/mol. The van der Waals surface area contributed by atoms with Crippen molar-refractivity contribution in [2.45, 2.75) is 0 Å². The maximum absolute atomic E-state index is 12.1. The van der Waals surface area contributed by atoms with Gasteiger partial charge in [-0.3, -0.25) is 0 Å². The van der Waals surface area contributed by atoms with Crippen LogP contribution < -0.4 is 4.74 Å². The lowest BCUT2D eigenvalue weighted by Gasteiger charge is -2.07. The number of pyridine rings is 1. The molecule has 4 nitrogen and oxygen atoms in total. The summed E-state index contributed by atoms with van der Waals surface area (Å²) in [6.07, 6.45) is 1.52. The van der Waals surface area contributed by atoms with Gasteiger partial charge in [-0.15, -0.1) is 0 Å². The fraction of sp³-hybridized carbons (Fsp3) is 0. The molecule has 0 aliphatic carbocycles. The molecule has 0 bridgehead atoms. The van der Waals surface area contributed by atoms with E-state index < -0.39 is 5.97 Å². The minimum atomic E-state index is -0.543. The lowest BCUT2D eigenvalue weighted by atomic mass is 10.1. The van der Waals surface area contributed by atoms with Crippen LogP contribution in [0.1, 0.15) is 16.1 Å². The lowest BCUT2D eigenvalue weighted by Crippen LogP contribution is -2.12. The van der Waals surface area contributed by atoms with Crippen LogP contribution in [0.2, 0.25) is 0 Å². The van der Waals surface area contributed by atoms with Gasteiger partial charge in [-0.05, 0) is 53.6 Å². The zero-order valence-corrected chi connectivity index (χ0v) is 11.1. The van der Waals surface area contributed by atoms with Gasteiger partial charge in [0.2, 0.25) is 0 Å². The Morgan fingerprint density at radius 2 is 1.86 bits per heavy atom. The second-order valence-corrected chi connectivity index (χ2v) is 4.59. The van der Waals surface area contributed by atoms with Gasteiger partial charge in [0, 0.05) is 6.20 Å². The maximum atomic E-state index is 12.1. The molecule has 1 N–H and O–H groups in total. The van der Waals surface area contributed by atoms with Gasteiger partial charge in [-0.25, -0.2) is 9.78 Å². The molecule has 3 rings (SSSR count). The van der Waals surface area contributed by atoms with Gasteiger partial charge >= 0.3 is 5.97 Å². The highest BCUT2D eigenvalue weighted by Gasteiger charge is 2.13. The highest BCUT2D eigenvalue weighted by Crippen LogP contribution is 2.24. The van der Waals surface area contributed by atoms with Crippen molar-refractivity contribution in [3.63, 3.8) is 0 Å². The molecule has 103 valence electrons. The Bertz CT molecular complexity index is 827. The Morgan fingerprint density at radius 3 is 2.67 bits per heavy atom. The van der Waals surface area contributed by atoms with E-state index in [4.69, 9.17) is 4.74 Å². The van der Waals surface area contributed by atoms with E-state index in [2.05, 4.69) is 11.9 Å². The maximum Gasteiger partial charge on any atom is 0.362 e. The van der Waals surface area contributed by atoms with Crippen LogP contribution in [0.25, 0.3) is 10.8 Å². The first-order valence-electron chi connectivity index (χ1n) is 6.35. The molecule has 0 saturated carbocycles. The third-order valence-corrected chi connectivity index (χ3v) is 3.09. The lowest BCUT2D eigenvalue weighted by molar-refractivity contribution is 0.0728. The van der Waals surface area contributed by atoms with E-state index in [0.717, 1.165) is 10.8 Å². The van der Waals surface area contributed by atoms with E-state index in [1.54, 1.807) is 48.5 Å². The van der Waals surface area contributed by atoms with Crippen molar-refractivity contribution in [3.8, 4) is 11.5 Å². The molecule has 3 aromatic rings. The summed E-state index contributed by atoms with van der Waals surface area (Å²) in [7, 11) is 0. The number of carbonyl (C=O) groups is 1. The Kier molecular flexibility index (Phi) is 3.28. The molecule has 0 aliphatic rings. The Hall–Kier alpha value is -2.88. The highest BCUT2D eigenvalue weighted by molar-refractivity contribution is 5.92. The SMILES string of the molecule is [CH2]c1cccnc1C(=O)Oc1ccc2cc(O)ccc2c1. The molecule has 1 aromatic heterocycles. The van der Waals surface area contributed by atoms with Crippen LogP contribution in [0.3, 0.4) is 0 Å². The number of esters is 1. The van der Waals surface area contributed by atoms with Crippen LogP contribution in [0.15, 0.2) is 54.7 Å². The van der Waals surface area contributed by atoms with E-state index in [1.807, 2.05) is 0 Å². The first-order chi connectivity index (χ1) is 10.1. The van der Waals surface area contributed by atoms with Crippen LogP contribution in [0.4, 0.5) is 0 Å². The van der Waals surface area contributed by atoms with Gasteiger partial charge in [-0.2, -0.15) is 0 Å². The smallest absolute Gasteiger partial charge is 0.362 e. The summed E-state index contributed by atoms with van der Waals surface area (Å²) in [5, 5.41) is 11.2. The minimum absolute atomic E-state index is 0.197. The van der Waals surface area contributed by atoms with E-state index in [-0.39, 0.29) is 11.4 Å².